The summed E-state index contributed by atoms with van der Waals surface area (Å²) < 4.78 is 0. The van der Waals surface area contributed by atoms with Crippen molar-refractivity contribution in [3.63, 3.8) is 0 Å². The second-order valence-corrected chi connectivity index (χ2v) is 7.54. The molecule has 2 aromatic rings. The van der Waals surface area contributed by atoms with Crippen LogP contribution in [0, 0.1) is 5.92 Å². The number of benzene rings is 1. The third-order valence-corrected chi connectivity index (χ3v) is 5.03. The molecule has 2 heterocycles. The summed E-state index contributed by atoms with van der Waals surface area (Å²) in [4.78, 5) is 23.4. The Morgan fingerprint density at radius 3 is 2.59 bits per heavy atom. The van der Waals surface area contributed by atoms with Gasteiger partial charge in [-0.2, -0.15) is 0 Å². The summed E-state index contributed by atoms with van der Waals surface area (Å²) in [5.41, 5.74) is 1.26. The SMILES string of the molecule is CC(C)C(CNC(=O)c1nc(N2CCCC2)ncc1Cl)Nc1ccccc1. The average molecular weight is 388 g/mol. The van der Waals surface area contributed by atoms with Gasteiger partial charge >= 0.3 is 0 Å². The highest BCUT2D eigenvalue weighted by atomic mass is 35.5. The first-order chi connectivity index (χ1) is 13.0. The van der Waals surface area contributed by atoms with E-state index in [1.807, 2.05) is 30.3 Å². The number of nitrogens with zero attached hydrogens (tertiary/aromatic N) is 3. The number of rotatable bonds is 7. The third-order valence-electron chi connectivity index (χ3n) is 4.75. The fourth-order valence-corrected chi connectivity index (χ4v) is 3.25. The molecule has 2 N–H and O–H groups in total. The number of hydrogen-bond donors (Lipinski definition) is 2. The van der Waals surface area contributed by atoms with Crippen LogP contribution in [0.1, 0.15) is 37.2 Å². The lowest BCUT2D eigenvalue weighted by molar-refractivity contribution is 0.0945. The quantitative estimate of drug-likeness (QED) is 0.759. The normalized spacial score (nSPS) is 15.0. The molecule has 1 fully saturated rings. The second-order valence-electron chi connectivity index (χ2n) is 7.13. The summed E-state index contributed by atoms with van der Waals surface area (Å²) in [5, 5.41) is 6.70. The number of halogens is 1. The van der Waals surface area contributed by atoms with Gasteiger partial charge in [-0.1, -0.05) is 43.6 Å². The lowest BCUT2D eigenvalue weighted by atomic mass is 10.0. The molecule has 0 saturated carbocycles. The largest absolute Gasteiger partial charge is 0.380 e. The summed E-state index contributed by atoms with van der Waals surface area (Å²) in [5.74, 6) is 0.639. The monoisotopic (exact) mass is 387 g/mol. The van der Waals surface area contributed by atoms with Gasteiger partial charge in [0.1, 0.15) is 0 Å². The molecule has 144 valence electrons. The van der Waals surface area contributed by atoms with E-state index in [4.69, 9.17) is 11.6 Å². The first-order valence-electron chi connectivity index (χ1n) is 9.42. The number of para-hydroxylation sites is 1. The molecule has 1 amide bonds. The minimum absolute atomic E-state index is 0.0926. The Morgan fingerprint density at radius 1 is 1.22 bits per heavy atom. The number of aromatic nitrogens is 2. The highest BCUT2D eigenvalue weighted by molar-refractivity contribution is 6.33. The van der Waals surface area contributed by atoms with Crippen molar-refractivity contribution in [2.45, 2.75) is 32.7 Å². The number of carbonyl (C=O) groups excluding carboxylic acids is 1. The number of hydrogen-bond acceptors (Lipinski definition) is 5. The molecule has 1 aliphatic rings. The molecule has 1 atom stereocenters. The van der Waals surface area contributed by atoms with Crippen LogP contribution in [0.3, 0.4) is 0 Å². The van der Waals surface area contributed by atoms with E-state index in [1.54, 1.807) is 0 Å². The zero-order valence-electron chi connectivity index (χ0n) is 15.8. The maximum atomic E-state index is 12.7. The average Bonchev–Trinajstić information content (AvgIpc) is 3.20. The molecular weight excluding hydrogens is 362 g/mol. The molecule has 3 rings (SSSR count). The number of nitrogens with one attached hydrogen (secondary N) is 2. The Kier molecular flexibility index (Phi) is 6.50. The van der Waals surface area contributed by atoms with Crippen LogP contribution in [-0.2, 0) is 0 Å². The van der Waals surface area contributed by atoms with Crippen LogP contribution in [-0.4, -0.2) is 41.6 Å². The Hall–Kier alpha value is -2.34. The lowest BCUT2D eigenvalue weighted by Gasteiger charge is -2.24. The fourth-order valence-electron chi connectivity index (χ4n) is 3.07. The topological polar surface area (TPSA) is 70.2 Å². The van der Waals surface area contributed by atoms with Crippen LogP contribution < -0.4 is 15.5 Å². The van der Waals surface area contributed by atoms with Gasteiger partial charge in [0.2, 0.25) is 5.95 Å². The molecule has 27 heavy (non-hydrogen) atoms. The second kappa shape index (κ2) is 9.04. The first-order valence-corrected chi connectivity index (χ1v) is 9.79. The molecule has 0 spiro atoms. The van der Waals surface area contributed by atoms with Crippen LogP contribution >= 0.6 is 11.6 Å². The molecule has 1 aromatic carbocycles. The van der Waals surface area contributed by atoms with E-state index in [-0.39, 0.29) is 22.7 Å². The van der Waals surface area contributed by atoms with Gasteiger partial charge in [-0.25, -0.2) is 9.97 Å². The van der Waals surface area contributed by atoms with Gasteiger partial charge in [-0.15, -0.1) is 0 Å². The van der Waals surface area contributed by atoms with Crippen LogP contribution in [0.2, 0.25) is 5.02 Å². The van der Waals surface area contributed by atoms with Crippen molar-refractivity contribution in [1.82, 2.24) is 15.3 Å². The molecule has 1 saturated heterocycles. The van der Waals surface area contributed by atoms with Crippen LogP contribution in [0.4, 0.5) is 11.6 Å². The zero-order valence-corrected chi connectivity index (χ0v) is 16.5. The van der Waals surface area contributed by atoms with Gasteiger partial charge in [0, 0.05) is 31.4 Å². The Morgan fingerprint density at radius 2 is 1.93 bits per heavy atom. The van der Waals surface area contributed by atoms with Crippen molar-refractivity contribution in [3.05, 3.63) is 47.2 Å². The maximum Gasteiger partial charge on any atom is 0.271 e. The predicted octanol–water partition coefficient (Wildman–Crippen LogP) is 3.60. The summed E-state index contributed by atoms with van der Waals surface area (Å²) in [6.07, 6.45) is 3.75. The molecule has 1 unspecified atom stereocenters. The smallest absolute Gasteiger partial charge is 0.271 e. The summed E-state index contributed by atoms with van der Waals surface area (Å²) in [7, 11) is 0. The van der Waals surface area contributed by atoms with E-state index in [1.165, 1.54) is 6.20 Å². The highest BCUT2D eigenvalue weighted by Gasteiger charge is 2.21. The van der Waals surface area contributed by atoms with Gasteiger partial charge in [-0.05, 0) is 30.9 Å². The highest BCUT2D eigenvalue weighted by Crippen LogP contribution is 2.20. The van der Waals surface area contributed by atoms with Crippen LogP contribution in [0.15, 0.2) is 36.5 Å². The van der Waals surface area contributed by atoms with E-state index < -0.39 is 0 Å². The van der Waals surface area contributed by atoms with Crippen molar-refractivity contribution in [3.8, 4) is 0 Å². The Labute approximate surface area is 165 Å². The van der Waals surface area contributed by atoms with E-state index >= 15 is 0 Å². The maximum absolute atomic E-state index is 12.7. The van der Waals surface area contributed by atoms with Crippen molar-refractivity contribution in [2.24, 2.45) is 5.92 Å². The Balaban J connectivity index is 1.65. The van der Waals surface area contributed by atoms with Gasteiger partial charge in [0.05, 0.1) is 11.2 Å². The van der Waals surface area contributed by atoms with Crippen molar-refractivity contribution in [2.75, 3.05) is 29.9 Å². The third kappa shape index (κ3) is 5.10. The zero-order chi connectivity index (χ0) is 19.2. The van der Waals surface area contributed by atoms with Crippen molar-refractivity contribution in [1.29, 1.82) is 0 Å². The number of amides is 1. The van der Waals surface area contributed by atoms with E-state index in [0.717, 1.165) is 31.6 Å². The van der Waals surface area contributed by atoms with Gasteiger partial charge in [-0.3, -0.25) is 4.79 Å². The summed E-state index contributed by atoms with van der Waals surface area (Å²) >= 11 is 6.19. The molecule has 7 heteroatoms. The first kappa shape index (κ1) is 19.4. The Bertz CT molecular complexity index is 762. The summed E-state index contributed by atoms with van der Waals surface area (Å²) in [6.45, 7) is 6.55. The van der Waals surface area contributed by atoms with E-state index in [0.29, 0.717) is 18.4 Å². The molecule has 1 aliphatic heterocycles. The van der Waals surface area contributed by atoms with Crippen molar-refractivity contribution >= 4 is 29.1 Å². The van der Waals surface area contributed by atoms with Crippen LogP contribution in [0.5, 0.6) is 0 Å². The van der Waals surface area contributed by atoms with E-state index in [9.17, 15) is 4.79 Å². The molecule has 0 bridgehead atoms. The predicted molar refractivity (Wildman–Crippen MR) is 110 cm³/mol. The molecule has 1 aromatic heterocycles. The van der Waals surface area contributed by atoms with Gasteiger partial charge in [0.25, 0.3) is 5.91 Å². The van der Waals surface area contributed by atoms with Crippen molar-refractivity contribution < 1.29 is 4.79 Å². The lowest BCUT2D eigenvalue weighted by Crippen LogP contribution is -2.40. The van der Waals surface area contributed by atoms with Crippen LogP contribution in [0.25, 0.3) is 0 Å². The standard InChI is InChI=1S/C20H26ClN5O/c1-14(2)17(24-15-8-4-3-5-9-15)13-22-19(27)18-16(21)12-23-20(25-18)26-10-6-7-11-26/h3-5,8-9,12,14,17,24H,6-7,10-11,13H2,1-2H3,(H,22,27). The molecule has 0 radical (unpaired) electrons. The number of anilines is 2. The van der Waals surface area contributed by atoms with E-state index in [2.05, 4.69) is 39.3 Å². The molecule has 0 aliphatic carbocycles. The van der Waals surface area contributed by atoms with Gasteiger partial charge < -0.3 is 15.5 Å². The molecular formula is C20H26ClN5O. The minimum atomic E-state index is -0.275. The van der Waals surface area contributed by atoms with Gasteiger partial charge in [0.15, 0.2) is 5.69 Å². The number of carbonyl (C=O) groups is 1. The molecule has 6 nitrogen and oxygen atoms in total. The summed E-state index contributed by atoms with van der Waals surface area (Å²) in [6, 6.07) is 10.1. The fraction of sp³-hybridized carbons (Fsp3) is 0.450. The minimum Gasteiger partial charge on any atom is -0.380 e.